The first-order valence-electron chi connectivity index (χ1n) is 9.40. The summed E-state index contributed by atoms with van der Waals surface area (Å²) in [7, 11) is 1.66. The number of hydrogen-bond donors (Lipinski definition) is 1. The van der Waals surface area contributed by atoms with E-state index in [0.717, 1.165) is 22.4 Å². The van der Waals surface area contributed by atoms with E-state index in [4.69, 9.17) is 14.9 Å². The van der Waals surface area contributed by atoms with Crippen LogP contribution in [0, 0.1) is 0 Å². The van der Waals surface area contributed by atoms with Gasteiger partial charge in [0.2, 0.25) is 0 Å². The van der Waals surface area contributed by atoms with Crippen LogP contribution in [0.1, 0.15) is 41.6 Å². The van der Waals surface area contributed by atoms with Gasteiger partial charge >= 0.3 is 0 Å². The Balaban J connectivity index is 0.00000300. The third kappa shape index (κ3) is 5.00. The van der Waals surface area contributed by atoms with Crippen LogP contribution in [0.3, 0.4) is 0 Å². The van der Waals surface area contributed by atoms with Gasteiger partial charge < -0.3 is 19.8 Å². The van der Waals surface area contributed by atoms with Crippen LogP contribution in [0.4, 0.5) is 0 Å². The maximum Gasteiger partial charge on any atom is 0.257 e. The molecule has 3 rings (SSSR count). The van der Waals surface area contributed by atoms with Gasteiger partial charge in [0.05, 0.1) is 25.3 Å². The standard InChI is InChI=1S/C23H26N2O3.ClH/c1-4-25(23(26)20-13-22(14-24)28-15-20)16(2)17-8-10-18(11-9-17)19-6-5-7-21(12-19)27-3;/h5-13,15-16H,4,14,24H2,1-3H3;1H. The molecule has 2 aromatic carbocycles. The van der Waals surface area contributed by atoms with Crippen LogP contribution in [-0.4, -0.2) is 24.5 Å². The van der Waals surface area contributed by atoms with Crippen molar-refractivity contribution in [1.82, 2.24) is 4.90 Å². The summed E-state index contributed by atoms with van der Waals surface area (Å²) in [6, 6.07) is 17.9. The molecule has 0 bridgehead atoms. The Morgan fingerprint density at radius 2 is 1.86 bits per heavy atom. The smallest absolute Gasteiger partial charge is 0.257 e. The summed E-state index contributed by atoms with van der Waals surface area (Å²) in [5.74, 6) is 1.37. The van der Waals surface area contributed by atoms with Crippen molar-refractivity contribution in [2.45, 2.75) is 26.4 Å². The second-order valence-corrected chi connectivity index (χ2v) is 6.63. The fraction of sp³-hybridized carbons (Fsp3) is 0.261. The zero-order valence-corrected chi connectivity index (χ0v) is 17.7. The Morgan fingerprint density at radius 3 is 2.45 bits per heavy atom. The van der Waals surface area contributed by atoms with Crippen LogP contribution in [-0.2, 0) is 6.54 Å². The Kier molecular flexibility index (Phi) is 7.88. The molecule has 6 heteroatoms. The summed E-state index contributed by atoms with van der Waals surface area (Å²) in [5.41, 5.74) is 9.38. The molecule has 0 aliphatic rings. The van der Waals surface area contributed by atoms with E-state index in [2.05, 4.69) is 30.3 Å². The molecule has 1 heterocycles. The van der Waals surface area contributed by atoms with Crippen molar-refractivity contribution in [3.05, 3.63) is 77.7 Å². The van der Waals surface area contributed by atoms with Crippen molar-refractivity contribution < 1.29 is 13.9 Å². The first-order chi connectivity index (χ1) is 13.6. The Hall–Kier alpha value is -2.76. The van der Waals surface area contributed by atoms with Gasteiger partial charge in [0.15, 0.2) is 0 Å². The second kappa shape index (κ2) is 10.1. The number of halogens is 1. The van der Waals surface area contributed by atoms with Crippen LogP contribution in [0.2, 0.25) is 0 Å². The van der Waals surface area contributed by atoms with Crippen molar-refractivity contribution >= 4 is 18.3 Å². The SMILES string of the molecule is CCN(C(=O)c1coc(CN)c1)C(C)c1ccc(-c2cccc(OC)c2)cc1.Cl. The molecule has 3 aromatic rings. The fourth-order valence-electron chi connectivity index (χ4n) is 3.30. The van der Waals surface area contributed by atoms with E-state index in [0.29, 0.717) is 17.9 Å². The van der Waals surface area contributed by atoms with E-state index in [-0.39, 0.29) is 30.9 Å². The molecule has 0 fully saturated rings. The summed E-state index contributed by atoms with van der Waals surface area (Å²) >= 11 is 0. The average Bonchev–Trinajstić information content (AvgIpc) is 3.23. The monoisotopic (exact) mass is 414 g/mol. The summed E-state index contributed by atoms with van der Waals surface area (Å²) in [6.07, 6.45) is 1.48. The van der Waals surface area contributed by atoms with Crippen molar-refractivity contribution in [2.24, 2.45) is 5.73 Å². The Bertz CT molecular complexity index is 937. The topological polar surface area (TPSA) is 68.7 Å². The lowest BCUT2D eigenvalue weighted by Crippen LogP contribution is -2.33. The number of methoxy groups -OCH3 is 1. The first-order valence-corrected chi connectivity index (χ1v) is 9.40. The highest BCUT2D eigenvalue weighted by Crippen LogP contribution is 2.28. The van der Waals surface area contributed by atoms with Crippen molar-refractivity contribution in [2.75, 3.05) is 13.7 Å². The maximum absolute atomic E-state index is 12.9. The van der Waals surface area contributed by atoms with Crippen molar-refractivity contribution in [3.8, 4) is 16.9 Å². The molecule has 1 aromatic heterocycles. The molecular formula is C23H27ClN2O3. The third-order valence-electron chi connectivity index (χ3n) is 4.97. The lowest BCUT2D eigenvalue weighted by Gasteiger charge is -2.28. The normalized spacial score (nSPS) is 11.4. The summed E-state index contributed by atoms with van der Waals surface area (Å²) in [6.45, 7) is 4.89. The summed E-state index contributed by atoms with van der Waals surface area (Å²) in [4.78, 5) is 14.7. The number of nitrogens with two attached hydrogens (primary N) is 1. The molecule has 0 saturated heterocycles. The number of hydrogen-bond acceptors (Lipinski definition) is 4. The summed E-state index contributed by atoms with van der Waals surface area (Å²) < 4.78 is 10.6. The molecule has 1 atom stereocenters. The van der Waals surface area contributed by atoms with E-state index < -0.39 is 0 Å². The molecule has 0 spiro atoms. The van der Waals surface area contributed by atoms with Gasteiger partial charge in [0, 0.05) is 6.54 Å². The molecule has 0 aliphatic carbocycles. The minimum Gasteiger partial charge on any atom is -0.497 e. The molecule has 0 radical (unpaired) electrons. The zero-order chi connectivity index (χ0) is 20.1. The van der Waals surface area contributed by atoms with E-state index in [1.54, 1.807) is 13.2 Å². The van der Waals surface area contributed by atoms with E-state index >= 15 is 0 Å². The number of ether oxygens (including phenoxy) is 1. The largest absolute Gasteiger partial charge is 0.497 e. The second-order valence-electron chi connectivity index (χ2n) is 6.63. The highest BCUT2D eigenvalue weighted by Gasteiger charge is 2.22. The van der Waals surface area contributed by atoms with Gasteiger partial charge in [-0.25, -0.2) is 0 Å². The van der Waals surface area contributed by atoms with Crippen LogP contribution in [0.25, 0.3) is 11.1 Å². The zero-order valence-electron chi connectivity index (χ0n) is 16.9. The number of benzene rings is 2. The Labute approximate surface area is 177 Å². The van der Waals surface area contributed by atoms with E-state index in [1.165, 1.54) is 6.26 Å². The van der Waals surface area contributed by atoms with Crippen LogP contribution in [0.5, 0.6) is 5.75 Å². The van der Waals surface area contributed by atoms with Gasteiger partial charge in [-0.2, -0.15) is 0 Å². The quantitative estimate of drug-likeness (QED) is 0.586. The number of nitrogens with zero attached hydrogens (tertiary/aromatic N) is 1. The molecule has 0 aliphatic heterocycles. The average molecular weight is 415 g/mol. The van der Waals surface area contributed by atoms with Crippen molar-refractivity contribution in [3.63, 3.8) is 0 Å². The predicted molar refractivity (Wildman–Crippen MR) is 117 cm³/mol. The highest BCUT2D eigenvalue weighted by atomic mass is 35.5. The molecule has 0 saturated carbocycles. The maximum atomic E-state index is 12.9. The summed E-state index contributed by atoms with van der Waals surface area (Å²) in [5, 5.41) is 0. The molecular weight excluding hydrogens is 388 g/mol. The highest BCUT2D eigenvalue weighted by molar-refractivity contribution is 5.94. The molecule has 29 heavy (non-hydrogen) atoms. The van der Waals surface area contributed by atoms with E-state index in [9.17, 15) is 4.79 Å². The first kappa shape index (κ1) is 22.5. The minimum atomic E-state index is -0.0620. The van der Waals surface area contributed by atoms with Crippen LogP contribution < -0.4 is 10.5 Å². The third-order valence-corrected chi connectivity index (χ3v) is 4.97. The van der Waals surface area contributed by atoms with Crippen molar-refractivity contribution in [1.29, 1.82) is 0 Å². The number of amides is 1. The molecule has 1 unspecified atom stereocenters. The molecule has 5 nitrogen and oxygen atoms in total. The van der Waals surface area contributed by atoms with Gasteiger partial charge in [-0.15, -0.1) is 12.4 Å². The lowest BCUT2D eigenvalue weighted by atomic mass is 10.00. The molecule has 1 amide bonds. The molecule has 154 valence electrons. The van der Waals surface area contributed by atoms with Crippen LogP contribution >= 0.6 is 12.4 Å². The van der Waals surface area contributed by atoms with Gasteiger partial charge in [0.1, 0.15) is 17.8 Å². The minimum absolute atomic E-state index is 0. The van der Waals surface area contributed by atoms with Gasteiger partial charge in [-0.3, -0.25) is 4.79 Å². The van der Waals surface area contributed by atoms with Gasteiger partial charge in [-0.05, 0) is 48.7 Å². The van der Waals surface area contributed by atoms with Gasteiger partial charge in [0.25, 0.3) is 5.91 Å². The number of rotatable bonds is 7. The van der Waals surface area contributed by atoms with Gasteiger partial charge in [-0.1, -0.05) is 36.4 Å². The number of carbonyl (C=O) groups excluding carboxylic acids is 1. The van der Waals surface area contributed by atoms with Crippen LogP contribution in [0.15, 0.2) is 65.3 Å². The number of furan rings is 1. The predicted octanol–water partition coefficient (Wildman–Crippen LogP) is 5.06. The van der Waals surface area contributed by atoms with E-state index in [1.807, 2.05) is 36.9 Å². The fourth-order valence-corrected chi connectivity index (χ4v) is 3.30. The Morgan fingerprint density at radius 1 is 1.14 bits per heavy atom. The lowest BCUT2D eigenvalue weighted by molar-refractivity contribution is 0.0701. The molecule has 2 N–H and O–H groups in total. The number of carbonyl (C=O) groups is 1.